The molecule has 0 unspecified atom stereocenters. The zero-order valence-electron chi connectivity index (χ0n) is 17.9. The molecule has 2 heterocycles. The minimum atomic E-state index is -0.0795. The molecule has 29 heavy (non-hydrogen) atoms. The molecule has 0 atom stereocenters. The number of nitrogens with zero attached hydrogens (tertiary/aromatic N) is 2. The number of nitrogens with one attached hydrogen (secondary N) is 1. The highest BCUT2D eigenvalue weighted by atomic mass is 16.3. The third kappa shape index (κ3) is 4.67. The van der Waals surface area contributed by atoms with Crippen LogP contribution in [0.4, 0.5) is 5.69 Å². The summed E-state index contributed by atoms with van der Waals surface area (Å²) in [6, 6.07) is 10.5. The summed E-state index contributed by atoms with van der Waals surface area (Å²) in [5.74, 6) is 1.85. The van der Waals surface area contributed by atoms with Crippen molar-refractivity contribution < 1.29 is 9.21 Å². The third-order valence-electron chi connectivity index (χ3n) is 6.68. The Balaban J connectivity index is 1.15. The number of piperazine rings is 1. The zero-order valence-corrected chi connectivity index (χ0v) is 17.9. The van der Waals surface area contributed by atoms with Crippen LogP contribution in [0, 0.1) is 26.7 Å². The summed E-state index contributed by atoms with van der Waals surface area (Å²) in [5.41, 5.74) is 4.18. The summed E-state index contributed by atoms with van der Waals surface area (Å²) in [6.45, 7) is 11.9. The van der Waals surface area contributed by atoms with Crippen LogP contribution in [0.15, 0.2) is 34.7 Å². The van der Waals surface area contributed by atoms with Crippen molar-refractivity contribution in [1.29, 1.82) is 0 Å². The average molecular weight is 396 g/mol. The van der Waals surface area contributed by atoms with Gasteiger partial charge in [0.05, 0.1) is 0 Å². The summed E-state index contributed by atoms with van der Waals surface area (Å²) in [6.07, 6.45) is 3.41. The first-order valence-corrected chi connectivity index (χ1v) is 10.9. The molecular weight excluding hydrogens is 362 g/mol. The number of rotatable bonds is 6. The summed E-state index contributed by atoms with van der Waals surface area (Å²) < 4.78 is 5.40. The Morgan fingerprint density at radius 2 is 1.83 bits per heavy atom. The lowest BCUT2D eigenvalue weighted by atomic mass is 9.78. The van der Waals surface area contributed by atoms with Crippen molar-refractivity contribution in [3.8, 4) is 0 Å². The molecular formula is C24H33N3O2. The lowest BCUT2D eigenvalue weighted by Gasteiger charge is -2.40. The highest BCUT2D eigenvalue weighted by Gasteiger charge is 2.31. The van der Waals surface area contributed by atoms with Crippen LogP contribution in [0.5, 0.6) is 0 Å². The second-order valence-electron chi connectivity index (χ2n) is 8.75. The molecule has 4 rings (SSSR count). The van der Waals surface area contributed by atoms with E-state index in [1.807, 2.05) is 13.0 Å². The zero-order chi connectivity index (χ0) is 20.4. The Labute approximate surface area is 174 Å². The fourth-order valence-corrected chi connectivity index (χ4v) is 4.56. The number of benzene rings is 1. The van der Waals surface area contributed by atoms with E-state index in [1.54, 1.807) is 6.07 Å². The molecule has 2 aliphatic rings. The SMILES string of the molecule is Cc1ccc(C(=O)NC2CC(CCN3CCN(c4cccc(C)c4C)CC3)C2)o1. The van der Waals surface area contributed by atoms with Crippen LogP contribution in [-0.4, -0.2) is 49.6 Å². The number of amides is 1. The molecule has 5 nitrogen and oxygen atoms in total. The Morgan fingerprint density at radius 1 is 1.07 bits per heavy atom. The normalized spacial score (nSPS) is 22.4. The molecule has 1 amide bonds. The van der Waals surface area contributed by atoms with Gasteiger partial charge >= 0.3 is 0 Å². The predicted molar refractivity (Wildman–Crippen MR) is 117 cm³/mol. The molecule has 1 aliphatic carbocycles. The maximum Gasteiger partial charge on any atom is 0.287 e. The van der Waals surface area contributed by atoms with Gasteiger partial charge in [0.25, 0.3) is 5.91 Å². The van der Waals surface area contributed by atoms with Gasteiger partial charge in [0.2, 0.25) is 0 Å². The van der Waals surface area contributed by atoms with E-state index in [0.29, 0.717) is 11.8 Å². The first-order valence-electron chi connectivity index (χ1n) is 10.9. The van der Waals surface area contributed by atoms with Gasteiger partial charge in [-0.05, 0) is 81.8 Å². The largest absolute Gasteiger partial charge is 0.456 e. The van der Waals surface area contributed by atoms with Crippen molar-refractivity contribution >= 4 is 11.6 Å². The molecule has 2 fully saturated rings. The number of hydrogen-bond donors (Lipinski definition) is 1. The summed E-state index contributed by atoms with van der Waals surface area (Å²) >= 11 is 0. The molecule has 1 aromatic carbocycles. The van der Waals surface area contributed by atoms with E-state index >= 15 is 0 Å². The highest BCUT2D eigenvalue weighted by molar-refractivity contribution is 5.91. The van der Waals surface area contributed by atoms with Gasteiger partial charge in [0.15, 0.2) is 5.76 Å². The van der Waals surface area contributed by atoms with Crippen LogP contribution >= 0.6 is 0 Å². The number of furan rings is 1. The standard InChI is InChI=1S/C24H33N3O2/c1-17-5-4-6-22(19(17)3)27-13-11-26(12-14-27)10-9-20-15-21(16-20)25-24(28)23-8-7-18(2)29-23/h4-8,20-21H,9-16H2,1-3H3,(H,25,28). The monoisotopic (exact) mass is 395 g/mol. The van der Waals surface area contributed by atoms with Crippen LogP contribution in [0.25, 0.3) is 0 Å². The number of anilines is 1. The van der Waals surface area contributed by atoms with Gasteiger partial charge in [0, 0.05) is 37.9 Å². The van der Waals surface area contributed by atoms with Crippen molar-refractivity contribution in [3.05, 3.63) is 53.0 Å². The molecule has 0 radical (unpaired) electrons. The number of hydrogen-bond acceptors (Lipinski definition) is 4. The maximum atomic E-state index is 12.1. The highest BCUT2D eigenvalue weighted by Crippen LogP contribution is 2.31. The predicted octanol–water partition coefficient (Wildman–Crippen LogP) is 3.93. The van der Waals surface area contributed by atoms with Gasteiger partial charge in [-0.15, -0.1) is 0 Å². The first-order chi connectivity index (χ1) is 14.0. The molecule has 0 spiro atoms. The fourth-order valence-electron chi connectivity index (χ4n) is 4.56. The van der Waals surface area contributed by atoms with Crippen molar-refractivity contribution in [3.63, 3.8) is 0 Å². The van der Waals surface area contributed by atoms with Crippen molar-refractivity contribution in [2.75, 3.05) is 37.6 Å². The van der Waals surface area contributed by atoms with E-state index in [9.17, 15) is 4.79 Å². The molecule has 1 aromatic heterocycles. The minimum Gasteiger partial charge on any atom is -0.456 e. The molecule has 2 aromatic rings. The second-order valence-corrected chi connectivity index (χ2v) is 8.75. The Morgan fingerprint density at radius 3 is 2.52 bits per heavy atom. The van der Waals surface area contributed by atoms with Crippen LogP contribution in [0.3, 0.4) is 0 Å². The van der Waals surface area contributed by atoms with Gasteiger partial charge in [0.1, 0.15) is 5.76 Å². The smallest absolute Gasteiger partial charge is 0.287 e. The molecule has 5 heteroatoms. The fraction of sp³-hybridized carbons (Fsp3) is 0.542. The minimum absolute atomic E-state index is 0.0795. The maximum absolute atomic E-state index is 12.1. The molecule has 156 valence electrons. The van der Waals surface area contributed by atoms with Gasteiger partial charge in [-0.3, -0.25) is 9.69 Å². The van der Waals surface area contributed by atoms with Crippen LogP contribution in [0.1, 0.15) is 46.7 Å². The average Bonchev–Trinajstić information content (AvgIpc) is 3.12. The molecule has 1 saturated carbocycles. The first kappa shape index (κ1) is 20.0. The van der Waals surface area contributed by atoms with E-state index in [0.717, 1.165) is 50.7 Å². The van der Waals surface area contributed by atoms with Crippen molar-refractivity contribution in [1.82, 2.24) is 10.2 Å². The topological polar surface area (TPSA) is 48.7 Å². The molecule has 1 N–H and O–H groups in total. The summed E-state index contributed by atoms with van der Waals surface area (Å²) in [7, 11) is 0. The van der Waals surface area contributed by atoms with Crippen LogP contribution in [0.2, 0.25) is 0 Å². The summed E-state index contributed by atoms with van der Waals surface area (Å²) in [5, 5.41) is 3.09. The van der Waals surface area contributed by atoms with E-state index in [1.165, 1.54) is 29.8 Å². The van der Waals surface area contributed by atoms with Gasteiger partial charge < -0.3 is 14.6 Å². The Kier molecular flexibility index (Phi) is 5.95. The third-order valence-corrected chi connectivity index (χ3v) is 6.68. The van der Waals surface area contributed by atoms with Crippen LogP contribution < -0.4 is 10.2 Å². The van der Waals surface area contributed by atoms with Gasteiger partial charge in [-0.2, -0.15) is 0 Å². The molecule has 0 bridgehead atoms. The van der Waals surface area contributed by atoms with Crippen molar-refractivity contribution in [2.24, 2.45) is 5.92 Å². The summed E-state index contributed by atoms with van der Waals surface area (Å²) in [4.78, 5) is 17.3. The lowest BCUT2D eigenvalue weighted by molar-refractivity contribution is 0.0848. The van der Waals surface area contributed by atoms with E-state index < -0.39 is 0 Å². The van der Waals surface area contributed by atoms with Crippen molar-refractivity contribution in [2.45, 2.75) is 46.1 Å². The Bertz CT molecular complexity index is 846. The number of carbonyl (C=O) groups is 1. The lowest BCUT2D eigenvalue weighted by Crippen LogP contribution is -2.48. The van der Waals surface area contributed by atoms with E-state index in [4.69, 9.17) is 4.42 Å². The van der Waals surface area contributed by atoms with E-state index in [-0.39, 0.29) is 5.91 Å². The molecule has 1 saturated heterocycles. The van der Waals surface area contributed by atoms with E-state index in [2.05, 4.69) is 47.2 Å². The Hall–Kier alpha value is -2.27. The second kappa shape index (κ2) is 8.62. The van der Waals surface area contributed by atoms with Crippen LogP contribution in [-0.2, 0) is 0 Å². The quantitative estimate of drug-likeness (QED) is 0.805. The number of carbonyl (C=O) groups excluding carboxylic acids is 1. The number of aryl methyl sites for hydroxylation is 2. The van der Waals surface area contributed by atoms with Gasteiger partial charge in [-0.25, -0.2) is 0 Å². The molecule has 1 aliphatic heterocycles. The van der Waals surface area contributed by atoms with Gasteiger partial charge in [-0.1, -0.05) is 12.1 Å².